The molecule has 0 unspecified atom stereocenters. The van der Waals surface area contributed by atoms with Gasteiger partial charge in [-0.2, -0.15) is 0 Å². The average Bonchev–Trinajstić information content (AvgIpc) is 2.71. The van der Waals surface area contributed by atoms with Gasteiger partial charge in [-0.1, -0.05) is 0 Å². The highest BCUT2D eigenvalue weighted by Crippen LogP contribution is 2.22. The van der Waals surface area contributed by atoms with Gasteiger partial charge in [0.25, 0.3) is 0 Å². The van der Waals surface area contributed by atoms with Gasteiger partial charge in [0, 0.05) is 48.6 Å². The van der Waals surface area contributed by atoms with E-state index in [9.17, 15) is 14.4 Å². The molecular formula is C22H22N2O6. The fraction of sp³-hybridized carbons (Fsp3) is 0.227. The van der Waals surface area contributed by atoms with Crippen molar-refractivity contribution in [2.24, 2.45) is 0 Å². The second kappa shape index (κ2) is 9.13. The van der Waals surface area contributed by atoms with E-state index in [2.05, 4.69) is 5.32 Å². The Kier molecular flexibility index (Phi) is 6.36. The van der Waals surface area contributed by atoms with Crippen molar-refractivity contribution in [3.05, 3.63) is 70.1 Å². The Bertz CT molecular complexity index is 1120. The number of hydrogen-bond donors (Lipinski definition) is 1. The molecule has 0 atom stereocenters. The third kappa shape index (κ3) is 4.96. The van der Waals surface area contributed by atoms with E-state index >= 15 is 0 Å². The Labute approximate surface area is 173 Å². The van der Waals surface area contributed by atoms with Gasteiger partial charge < -0.3 is 18.8 Å². The summed E-state index contributed by atoms with van der Waals surface area (Å²) in [6.07, 6.45) is -0.607. The summed E-state index contributed by atoms with van der Waals surface area (Å²) in [6, 6.07) is 13.1. The Hall–Kier alpha value is -3.81. The Morgan fingerprint density at radius 1 is 1.03 bits per heavy atom. The highest BCUT2D eigenvalue weighted by molar-refractivity contribution is 5.91. The number of carbonyl (C=O) groups is 2. The van der Waals surface area contributed by atoms with Crippen LogP contribution in [0.5, 0.6) is 0 Å². The minimum absolute atomic E-state index is 0.0962. The van der Waals surface area contributed by atoms with Crippen molar-refractivity contribution in [3.8, 4) is 0 Å². The van der Waals surface area contributed by atoms with Gasteiger partial charge in [-0.25, -0.2) is 14.4 Å². The molecular weight excluding hydrogens is 388 g/mol. The molecule has 30 heavy (non-hydrogen) atoms. The molecule has 1 heterocycles. The standard InChI is InChI=1S/C22H22N2O6/c1-4-28-22(27)23-16-7-10-18-15(11-20(25)30-19(18)12-16)13-29-21(26)14-5-8-17(9-6-14)24(2)3/h5-12H,4,13H2,1-3H3,(H,23,27). The second-order valence-corrected chi connectivity index (χ2v) is 6.66. The lowest BCUT2D eigenvalue weighted by molar-refractivity contribution is 0.0474. The molecule has 0 aliphatic rings. The molecule has 3 aromatic rings. The molecule has 0 aliphatic carbocycles. The first kappa shape index (κ1) is 20.9. The van der Waals surface area contributed by atoms with Gasteiger partial charge in [-0.05, 0) is 43.3 Å². The lowest BCUT2D eigenvalue weighted by atomic mass is 10.1. The predicted molar refractivity (Wildman–Crippen MR) is 113 cm³/mol. The number of ether oxygens (including phenoxy) is 2. The second-order valence-electron chi connectivity index (χ2n) is 6.66. The number of hydrogen-bond acceptors (Lipinski definition) is 7. The van der Waals surface area contributed by atoms with Crippen molar-refractivity contribution in [2.75, 3.05) is 30.9 Å². The van der Waals surface area contributed by atoms with Crippen LogP contribution in [0.25, 0.3) is 11.0 Å². The van der Waals surface area contributed by atoms with Crippen molar-refractivity contribution in [2.45, 2.75) is 13.5 Å². The van der Waals surface area contributed by atoms with Crippen LogP contribution < -0.4 is 15.8 Å². The first-order valence-electron chi connectivity index (χ1n) is 9.32. The molecule has 3 rings (SSSR count). The van der Waals surface area contributed by atoms with Gasteiger partial charge in [0.1, 0.15) is 12.2 Å². The Morgan fingerprint density at radius 3 is 2.43 bits per heavy atom. The molecule has 0 aliphatic heterocycles. The Morgan fingerprint density at radius 2 is 1.77 bits per heavy atom. The summed E-state index contributed by atoms with van der Waals surface area (Å²) in [6.45, 7) is 1.84. The SMILES string of the molecule is CCOC(=O)Nc1ccc2c(COC(=O)c3ccc(N(C)C)cc3)cc(=O)oc2c1. The van der Waals surface area contributed by atoms with E-state index in [1.165, 1.54) is 12.1 Å². The molecule has 0 spiro atoms. The first-order valence-corrected chi connectivity index (χ1v) is 9.32. The van der Waals surface area contributed by atoms with Crippen LogP contribution in [0.15, 0.2) is 57.7 Å². The number of amides is 1. The monoisotopic (exact) mass is 410 g/mol. The number of benzene rings is 2. The molecule has 0 saturated heterocycles. The van der Waals surface area contributed by atoms with Gasteiger partial charge in [-0.3, -0.25) is 5.32 Å². The normalized spacial score (nSPS) is 10.5. The van der Waals surface area contributed by atoms with Crippen LogP contribution in [0.1, 0.15) is 22.8 Å². The van der Waals surface area contributed by atoms with Crippen LogP contribution in [0.3, 0.4) is 0 Å². The number of carbonyl (C=O) groups excluding carboxylic acids is 2. The van der Waals surface area contributed by atoms with Crippen LogP contribution in [0, 0.1) is 0 Å². The van der Waals surface area contributed by atoms with E-state index in [0.29, 0.717) is 22.2 Å². The number of rotatable bonds is 6. The zero-order valence-corrected chi connectivity index (χ0v) is 16.9. The molecule has 0 saturated carbocycles. The minimum atomic E-state index is -0.607. The summed E-state index contributed by atoms with van der Waals surface area (Å²) in [4.78, 5) is 37.8. The summed E-state index contributed by atoms with van der Waals surface area (Å²) in [5.74, 6) is -0.498. The first-order chi connectivity index (χ1) is 14.4. The molecule has 156 valence electrons. The predicted octanol–water partition coefficient (Wildman–Crippen LogP) is 3.78. The fourth-order valence-corrected chi connectivity index (χ4v) is 2.83. The van der Waals surface area contributed by atoms with Crippen LogP contribution in [-0.2, 0) is 16.1 Å². The molecule has 0 radical (unpaired) electrons. The maximum atomic E-state index is 12.4. The molecule has 1 aromatic heterocycles. The smallest absolute Gasteiger partial charge is 0.411 e. The highest BCUT2D eigenvalue weighted by atomic mass is 16.5. The topological polar surface area (TPSA) is 98.1 Å². The quantitative estimate of drug-likeness (QED) is 0.488. The van der Waals surface area contributed by atoms with Gasteiger partial charge in [0.05, 0.1) is 12.2 Å². The summed E-state index contributed by atoms with van der Waals surface area (Å²) in [7, 11) is 3.82. The van der Waals surface area contributed by atoms with E-state index in [4.69, 9.17) is 13.9 Å². The summed E-state index contributed by atoms with van der Waals surface area (Å²) in [5, 5.41) is 3.14. The van der Waals surface area contributed by atoms with Crippen molar-refractivity contribution < 1.29 is 23.5 Å². The lowest BCUT2D eigenvalue weighted by Gasteiger charge is -2.12. The van der Waals surface area contributed by atoms with E-state index in [0.717, 1.165) is 5.69 Å². The fourth-order valence-electron chi connectivity index (χ4n) is 2.83. The summed E-state index contributed by atoms with van der Waals surface area (Å²) >= 11 is 0. The summed E-state index contributed by atoms with van der Waals surface area (Å²) < 4.78 is 15.4. The lowest BCUT2D eigenvalue weighted by Crippen LogP contribution is -2.13. The number of nitrogens with one attached hydrogen (secondary N) is 1. The highest BCUT2D eigenvalue weighted by Gasteiger charge is 2.12. The third-order valence-corrected chi connectivity index (χ3v) is 4.33. The van der Waals surface area contributed by atoms with E-state index in [1.807, 2.05) is 31.1 Å². The molecule has 0 bridgehead atoms. The van der Waals surface area contributed by atoms with Gasteiger partial charge in [0.15, 0.2) is 0 Å². The molecule has 2 aromatic carbocycles. The van der Waals surface area contributed by atoms with Crippen LogP contribution in [-0.4, -0.2) is 32.8 Å². The van der Waals surface area contributed by atoms with Gasteiger partial charge >= 0.3 is 17.7 Å². The van der Waals surface area contributed by atoms with Crippen molar-refractivity contribution in [3.63, 3.8) is 0 Å². The summed E-state index contributed by atoms with van der Waals surface area (Å²) in [5.41, 5.74) is 1.97. The largest absolute Gasteiger partial charge is 0.457 e. The van der Waals surface area contributed by atoms with E-state index < -0.39 is 17.7 Å². The van der Waals surface area contributed by atoms with E-state index in [-0.39, 0.29) is 18.8 Å². The van der Waals surface area contributed by atoms with Crippen LogP contribution in [0.2, 0.25) is 0 Å². The number of anilines is 2. The Balaban J connectivity index is 1.77. The molecule has 1 N–H and O–H groups in total. The van der Waals surface area contributed by atoms with Crippen molar-refractivity contribution in [1.29, 1.82) is 0 Å². The van der Waals surface area contributed by atoms with Crippen LogP contribution >= 0.6 is 0 Å². The van der Waals surface area contributed by atoms with E-state index in [1.54, 1.807) is 31.2 Å². The molecule has 8 nitrogen and oxygen atoms in total. The van der Waals surface area contributed by atoms with Gasteiger partial charge in [-0.15, -0.1) is 0 Å². The zero-order valence-electron chi connectivity index (χ0n) is 16.9. The molecule has 1 amide bonds. The van der Waals surface area contributed by atoms with Crippen LogP contribution in [0.4, 0.5) is 16.2 Å². The maximum Gasteiger partial charge on any atom is 0.411 e. The number of esters is 1. The number of nitrogens with zero attached hydrogens (tertiary/aromatic N) is 1. The number of fused-ring (bicyclic) bond motifs is 1. The average molecular weight is 410 g/mol. The van der Waals surface area contributed by atoms with Crippen molar-refractivity contribution in [1.82, 2.24) is 0 Å². The van der Waals surface area contributed by atoms with Crippen molar-refractivity contribution >= 4 is 34.4 Å². The third-order valence-electron chi connectivity index (χ3n) is 4.33. The molecule has 8 heteroatoms. The van der Waals surface area contributed by atoms with Gasteiger partial charge in [0.2, 0.25) is 0 Å². The zero-order chi connectivity index (χ0) is 21.7. The minimum Gasteiger partial charge on any atom is -0.457 e. The maximum absolute atomic E-state index is 12.4. The molecule has 0 fully saturated rings.